The van der Waals surface area contributed by atoms with E-state index in [4.69, 9.17) is 4.74 Å². The van der Waals surface area contributed by atoms with Gasteiger partial charge in [-0.05, 0) is 49.9 Å². The van der Waals surface area contributed by atoms with Crippen molar-refractivity contribution in [1.29, 1.82) is 0 Å². The molecule has 2 fully saturated rings. The van der Waals surface area contributed by atoms with Crippen LogP contribution in [-0.4, -0.2) is 41.3 Å². The molecule has 8 heteroatoms. The van der Waals surface area contributed by atoms with Crippen molar-refractivity contribution in [3.63, 3.8) is 0 Å². The van der Waals surface area contributed by atoms with Gasteiger partial charge in [-0.1, -0.05) is 17.4 Å². The molecule has 27 heavy (non-hydrogen) atoms. The molecule has 0 aliphatic carbocycles. The zero-order valence-corrected chi connectivity index (χ0v) is 16.2. The second-order valence-corrected chi connectivity index (χ2v) is 8.12. The van der Waals surface area contributed by atoms with Gasteiger partial charge in [-0.2, -0.15) is 0 Å². The van der Waals surface area contributed by atoms with Gasteiger partial charge in [0.1, 0.15) is 11.1 Å². The first-order chi connectivity index (χ1) is 13.0. The van der Waals surface area contributed by atoms with Crippen LogP contribution in [0.4, 0.5) is 10.8 Å². The van der Waals surface area contributed by atoms with Gasteiger partial charge in [0.25, 0.3) is 5.91 Å². The highest BCUT2D eigenvalue weighted by Gasteiger charge is 2.34. The Morgan fingerprint density at radius 2 is 2.15 bits per heavy atom. The number of anilines is 2. The largest absolute Gasteiger partial charge is 0.368 e. The summed E-state index contributed by atoms with van der Waals surface area (Å²) in [6.45, 7) is 5.31. The van der Waals surface area contributed by atoms with Crippen LogP contribution in [0.2, 0.25) is 0 Å². The van der Waals surface area contributed by atoms with Crippen molar-refractivity contribution < 1.29 is 14.3 Å². The number of benzene rings is 1. The van der Waals surface area contributed by atoms with Crippen LogP contribution in [0.25, 0.3) is 0 Å². The number of ether oxygens (including phenoxy) is 1. The summed E-state index contributed by atoms with van der Waals surface area (Å²) in [5, 5.41) is 12.3. The van der Waals surface area contributed by atoms with E-state index in [1.54, 1.807) is 0 Å². The highest BCUT2D eigenvalue weighted by atomic mass is 32.1. The lowest BCUT2D eigenvalue weighted by Gasteiger charge is -2.17. The maximum Gasteiger partial charge on any atom is 0.255 e. The standard InChI is InChI=1S/C19H22N4O3S/c1-11-5-6-14(8-12(11)2)23-10-13(9-16(23)24)18-21-22-19(27-18)20-17(25)15-4-3-7-26-15/h5-6,8,13,15H,3-4,7,9-10H2,1-2H3,(H,20,22,25)/t13-,15-/m1/s1. The van der Waals surface area contributed by atoms with Gasteiger partial charge >= 0.3 is 0 Å². The quantitative estimate of drug-likeness (QED) is 0.873. The zero-order valence-electron chi connectivity index (χ0n) is 15.4. The molecule has 2 amide bonds. The van der Waals surface area contributed by atoms with Crippen LogP contribution in [0.1, 0.15) is 41.3 Å². The summed E-state index contributed by atoms with van der Waals surface area (Å²) < 4.78 is 5.38. The first-order valence-corrected chi connectivity index (χ1v) is 9.96. The lowest BCUT2D eigenvalue weighted by atomic mass is 10.1. The van der Waals surface area contributed by atoms with Crippen LogP contribution >= 0.6 is 11.3 Å². The van der Waals surface area contributed by atoms with Crippen molar-refractivity contribution in [2.75, 3.05) is 23.4 Å². The van der Waals surface area contributed by atoms with E-state index in [9.17, 15) is 9.59 Å². The average molecular weight is 386 g/mol. The van der Waals surface area contributed by atoms with Gasteiger partial charge in [0.15, 0.2) is 0 Å². The Hall–Kier alpha value is -2.32. The van der Waals surface area contributed by atoms with E-state index in [0.717, 1.165) is 23.5 Å². The van der Waals surface area contributed by atoms with E-state index in [-0.39, 0.29) is 17.7 Å². The van der Waals surface area contributed by atoms with Crippen molar-refractivity contribution in [3.8, 4) is 0 Å². The van der Waals surface area contributed by atoms with Crippen molar-refractivity contribution in [2.24, 2.45) is 0 Å². The van der Waals surface area contributed by atoms with Crippen LogP contribution in [0.15, 0.2) is 18.2 Å². The Morgan fingerprint density at radius 3 is 2.89 bits per heavy atom. The van der Waals surface area contributed by atoms with Gasteiger partial charge in [0, 0.05) is 31.2 Å². The van der Waals surface area contributed by atoms with Crippen LogP contribution < -0.4 is 10.2 Å². The molecule has 4 rings (SSSR count). The molecule has 1 aromatic carbocycles. The zero-order chi connectivity index (χ0) is 19.0. The average Bonchev–Trinajstić information content (AvgIpc) is 3.38. The molecule has 7 nitrogen and oxygen atoms in total. The van der Waals surface area contributed by atoms with Gasteiger partial charge in [-0.25, -0.2) is 0 Å². The monoisotopic (exact) mass is 386 g/mol. The van der Waals surface area contributed by atoms with Crippen LogP contribution in [0.5, 0.6) is 0 Å². The predicted octanol–water partition coefficient (Wildman–Crippen LogP) is 2.79. The van der Waals surface area contributed by atoms with Crippen LogP contribution in [0, 0.1) is 13.8 Å². The molecule has 0 bridgehead atoms. The topological polar surface area (TPSA) is 84.4 Å². The minimum absolute atomic E-state index is 0.00927. The summed E-state index contributed by atoms with van der Waals surface area (Å²) in [5.74, 6) is -0.0946. The maximum absolute atomic E-state index is 12.5. The molecule has 2 atom stereocenters. The fraction of sp³-hybridized carbons (Fsp3) is 0.474. The molecule has 2 saturated heterocycles. The Morgan fingerprint density at radius 1 is 1.30 bits per heavy atom. The molecular formula is C19H22N4O3S. The number of hydrogen-bond acceptors (Lipinski definition) is 6. The Labute approximate surface area is 161 Å². The van der Waals surface area contributed by atoms with E-state index in [0.29, 0.717) is 24.7 Å². The molecule has 1 N–H and O–H groups in total. The fourth-order valence-electron chi connectivity index (χ4n) is 3.44. The van der Waals surface area contributed by atoms with Crippen molar-refractivity contribution in [1.82, 2.24) is 10.2 Å². The van der Waals surface area contributed by atoms with Gasteiger partial charge in [0.2, 0.25) is 11.0 Å². The summed E-state index contributed by atoms with van der Waals surface area (Å²) >= 11 is 1.33. The number of amides is 2. The summed E-state index contributed by atoms with van der Waals surface area (Å²) in [6.07, 6.45) is 1.64. The fourth-order valence-corrected chi connectivity index (χ4v) is 4.27. The molecule has 1 aromatic heterocycles. The minimum Gasteiger partial charge on any atom is -0.368 e. The smallest absolute Gasteiger partial charge is 0.255 e. The van der Waals surface area contributed by atoms with Gasteiger partial charge in [0.05, 0.1) is 0 Å². The third-order valence-electron chi connectivity index (χ3n) is 5.17. The number of carbonyl (C=O) groups excluding carboxylic acids is 2. The van der Waals surface area contributed by atoms with Crippen molar-refractivity contribution >= 4 is 34.0 Å². The molecule has 0 unspecified atom stereocenters. The van der Waals surface area contributed by atoms with E-state index in [1.807, 2.05) is 30.0 Å². The molecule has 0 radical (unpaired) electrons. The van der Waals surface area contributed by atoms with E-state index >= 15 is 0 Å². The van der Waals surface area contributed by atoms with E-state index < -0.39 is 6.10 Å². The number of nitrogens with zero attached hydrogens (tertiary/aromatic N) is 3. The minimum atomic E-state index is -0.398. The summed E-state index contributed by atoms with van der Waals surface area (Å²) in [6, 6.07) is 6.06. The molecule has 2 aliphatic heterocycles. The van der Waals surface area contributed by atoms with Crippen molar-refractivity contribution in [2.45, 2.75) is 45.1 Å². The highest BCUT2D eigenvalue weighted by molar-refractivity contribution is 7.15. The van der Waals surface area contributed by atoms with E-state index in [1.165, 1.54) is 22.5 Å². The second-order valence-electron chi connectivity index (χ2n) is 7.11. The molecule has 2 aromatic rings. The van der Waals surface area contributed by atoms with Crippen molar-refractivity contribution in [3.05, 3.63) is 34.3 Å². The third kappa shape index (κ3) is 3.72. The third-order valence-corrected chi connectivity index (χ3v) is 6.17. The number of aryl methyl sites for hydroxylation is 2. The molecule has 142 valence electrons. The highest BCUT2D eigenvalue weighted by Crippen LogP contribution is 2.34. The van der Waals surface area contributed by atoms with Gasteiger partial charge in [-0.15, -0.1) is 10.2 Å². The molecule has 3 heterocycles. The predicted molar refractivity (Wildman–Crippen MR) is 103 cm³/mol. The SMILES string of the molecule is Cc1ccc(N2C[C@H](c3nnc(NC(=O)[C@H]4CCCO4)s3)CC2=O)cc1C. The second kappa shape index (κ2) is 7.36. The van der Waals surface area contributed by atoms with Gasteiger partial charge in [-0.3, -0.25) is 14.9 Å². The molecule has 0 saturated carbocycles. The lowest BCUT2D eigenvalue weighted by Crippen LogP contribution is -2.26. The van der Waals surface area contributed by atoms with Crippen LogP contribution in [0.3, 0.4) is 0 Å². The van der Waals surface area contributed by atoms with Crippen LogP contribution in [-0.2, 0) is 14.3 Å². The maximum atomic E-state index is 12.5. The number of nitrogens with one attached hydrogen (secondary N) is 1. The summed E-state index contributed by atoms with van der Waals surface area (Å²) in [7, 11) is 0. The Kier molecular flexibility index (Phi) is 4.92. The first-order valence-electron chi connectivity index (χ1n) is 9.15. The number of rotatable bonds is 4. The number of hydrogen-bond donors (Lipinski definition) is 1. The Bertz CT molecular complexity index is 876. The molecule has 0 spiro atoms. The number of aromatic nitrogens is 2. The number of carbonyl (C=O) groups is 2. The summed E-state index contributed by atoms with van der Waals surface area (Å²) in [5.41, 5.74) is 3.29. The van der Waals surface area contributed by atoms with Gasteiger partial charge < -0.3 is 9.64 Å². The molecule has 2 aliphatic rings. The molecular weight excluding hydrogens is 364 g/mol. The normalized spacial score (nSPS) is 22.4. The van der Waals surface area contributed by atoms with E-state index in [2.05, 4.69) is 22.4 Å². The lowest BCUT2D eigenvalue weighted by molar-refractivity contribution is -0.124. The Balaban J connectivity index is 1.43. The summed E-state index contributed by atoms with van der Waals surface area (Å²) in [4.78, 5) is 26.5. The first kappa shape index (κ1) is 18.1.